The first kappa shape index (κ1) is 28.0. The molecule has 2 aliphatic rings. The minimum absolute atomic E-state index is 0.187. The van der Waals surface area contributed by atoms with Gasteiger partial charge in [-0.05, 0) is 38.3 Å². The molecule has 39 heavy (non-hydrogen) atoms. The Bertz CT molecular complexity index is 1390. The third-order valence-corrected chi connectivity index (χ3v) is 6.51. The summed E-state index contributed by atoms with van der Waals surface area (Å²) in [7, 11) is 0.970. The van der Waals surface area contributed by atoms with Crippen molar-refractivity contribution in [2.75, 3.05) is 13.1 Å². The summed E-state index contributed by atoms with van der Waals surface area (Å²) >= 11 is 0. The van der Waals surface area contributed by atoms with Crippen LogP contribution in [-0.4, -0.2) is 61.8 Å². The van der Waals surface area contributed by atoms with Gasteiger partial charge < -0.3 is 15.0 Å². The Morgan fingerprint density at radius 1 is 1.31 bits per heavy atom. The number of hydrogen-bond donors (Lipinski definition) is 1. The molecule has 0 spiro atoms. The molecule has 0 unspecified atom stereocenters. The average Bonchev–Trinajstić information content (AvgIpc) is 3.36. The number of ether oxygens (including phenoxy) is 1. The van der Waals surface area contributed by atoms with Crippen molar-refractivity contribution in [3.8, 4) is 17.6 Å². The molecule has 4 rings (SSSR count). The van der Waals surface area contributed by atoms with Gasteiger partial charge in [0.15, 0.2) is 17.3 Å². The van der Waals surface area contributed by atoms with Crippen molar-refractivity contribution >= 4 is 11.5 Å². The third kappa shape index (κ3) is 4.81. The molecule has 0 bridgehead atoms. The van der Waals surface area contributed by atoms with Gasteiger partial charge in [0.05, 0.1) is 17.8 Å². The number of nitrogens with one attached hydrogen (secondary N) is 1. The van der Waals surface area contributed by atoms with E-state index in [2.05, 4.69) is 26.3 Å². The lowest BCUT2D eigenvalue weighted by atomic mass is 9.99. The largest absolute Gasteiger partial charge is 0.459 e. The fourth-order valence-electron chi connectivity index (χ4n) is 4.30. The van der Waals surface area contributed by atoms with E-state index >= 15 is 0 Å². The van der Waals surface area contributed by atoms with Crippen LogP contribution in [0.25, 0.3) is 11.4 Å². The van der Waals surface area contributed by atoms with E-state index < -0.39 is 41.5 Å². The van der Waals surface area contributed by atoms with Crippen molar-refractivity contribution in [2.45, 2.75) is 50.9 Å². The number of allylic oxidation sites excluding steroid dienone is 1. The zero-order valence-corrected chi connectivity index (χ0v) is 20.8. The first-order valence-corrected chi connectivity index (χ1v) is 11.6. The number of nitriles is 1. The molecule has 0 saturated heterocycles. The van der Waals surface area contributed by atoms with Crippen LogP contribution in [0.15, 0.2) is 29.7 Å². The van der Waals surface area contributed by atoms with Crippen molar-refractivity contribution in [2.24, 2.45) is 7.05 Å². The Labute approximate surface area is 217 Å². The predicted octanol–water partition coefficient (Wildman–Crippen LogP) is 4.03. The van der Waals surface area contributed by atoms with E-state index in [0.717, 1.165) is 11.7 Å². The second kappa shape index (κ2) is 9.62. The number of carbonyl (C=O) groups excluding carboxylic acids is 1. The van der Waals surface area contributed by atoms with Gasteiger partial charge in [-0.15, -0.1) is 0 Å². The van der Waals surface area contributed by atoms with Crippen LogP contribution in [0.1, 0.15) is 37.9 Å². The Morgan fingerprint density at radius 2 is 1.97 bits per heavy atom. The number of aryl methyl sites for hydroxylation is 1. The lowest BCUT2D eigenvalue weighted by Gasteiger charge is -2.28. The van der Waals surface area contributed by atoms with Gasteiger partial charge in [0, 0.05) is 37.6 Å². The van der Waals surface area contributed by atoms with Crippen molar-refractivity contribution in [1.29, 1.82) is 5.26 Å². The molecule has 1 N–H and O–H groups in total. The molecule has 0 radical (unpaired) electrons. The molecular formula is C23H22F7N7O2. The monoisotopic (exact) mass is 561 g/mol. The van der Waals surface area contributed by atoms with Gasteiger partial charge in [-0.3, -0.25) is 4.79 Å². The second-order valence-electron chi connectivity index (χ2n) is 9.00. The number of hydrogen-bond acceptors (Lipinski definition) is 6. The summed E-state index contributed by atoms with van der Waals surface area (Å²) in [5.41, 5.74) is -1.32. The molecule has 3 heterocycles. The number of halogens is 7. The number of amides is 1. The minimum Gasteiger partial charge on any atom is -0.428 e. The minimum atomic E-state index is -6.13. The molecule has 2 aromatic heterocycles. The van der Waals surface area contributed by atoms with Gasteiger partial charge in [-0.1, -0.05) is 0 Å². The third-order valence-electron chi connectivity index (χ3n) is 6.51. The molecule has 1 fully saturated rings. The zero-order chi connectivity index (χ0) is 28.9. The standard InChI is InChI=1S/C23H22F7N7O2/c1-4-36(21(11-31)5-6-21)19(38)15-7-13(8-32-12(15)2)14-9-33-37(10-14)18-16(39-20(24)25)17(34-35(18)3)22(26,27)23(28,29)30/h7,9-10,20,32H,4-6,8H2,1-3H3. The molecule has 0 aromatic carbocycles. The van der Waals surface area contributed by atoms with Crippen LogP contribution in [0, 0.1) is 11.3 Å². The Balaban J connectivity index is 1.73. The summed E-state index contributed by atoms with van der Waals surface area (Å²) < 4.78 is 98.7. The molecule has 1 aliphatic heterocycles. The van der Waals surface area contributed by atoms with Crippen LogP contribution in [0.5, 0.6) is 5.75 Å². The van der Waals surface area contributed by atoms with Crippen LogP contribution in [0.2, 0.25) is 0 Å². The van der Waals surface area contributed by atoms with E-state index in [1.54, 1.807) is 19.9 Å². The molecule has 1 saturated carbocycles. The van der Waals surface area contributed by atoms with Gasteiger partial charge in [0.1, 0.15) is 5.54 Å². The second-order valence-corrected chi connectivity index (χ2v) is 9.00. The van der Waals surface area contributed by atoms with E-state index in [0.29, 0.717) is 40.9 Å². The van der Waals surface area contributed by atoms with Gasteiger partial charge >= 0.3 is 18.7 Å². The maximum atomic E-state index is 14.1. The van der Waals surface area contributed by atoms with E-state index in [1.807, 2.05) is 0 Å². The molecule has 0 atom stereocenters. The van der Waals surface area contributed by atoms with Gasteiger partial charge in [0.25, 0.3) is 5.91 Å². The van der Waals surface area contributed by atoms with Crippen LogP contribution >= 0.6 is 0 Å². The topological polar surface area (TPSA) is 101 Å². The number of aromatic nitrogens is 4. The first-order valence-electron chi connectivity index (χ1n) is 11.6. The summed E-state index contributed by atoms with van der Waals surface area (Å²) in [6, 6.07) is 2.18. The summed E-state index contributed by atoms with van der Waals surface area (Å²) in [6.45, 7) is 0.174. The molecule has 1 amide bonds. The molecule has 2 aromatic rings. The number of alkyl halides is 7. The SMILES string of the molecule is CCN(C(=O)C1=C(C)NCC(c2cnn(-c3c(OC(F)F)c(C(F)(F)C(F)(F)F)nn3C)c2)=C1)C1(C#N)CC1. The van der Waals surface area contributed by atoms with E-state index in [4.69, 9.17) is 0 Å². The van der Waals surface area contributed by atoms with E-state index in [9.17, 15) is 40.8 Å². The zero-order valence-electron chi connectivity index (χ0n) is 20.8. The molecular weight excluding hydrogens is 539 g/mol. The molecule has 9 nitrogen and oxygen atoms in total. The molecule has 210 valence electrons. The fourth-order valence-corrected chi connectivity index (χ4v) is 4.30. The summed E-state index contributed by atoms with van der Waals surface area (Å²) in [5.74, 6) is -8.17. The van der Waals surface area contributed by atoms with Crippen molar-refractivity contribution < 1.29 is 40.3 Å². The van der Waals surface area contributed by atoms with Crippen LogP contribution in [0.4, 0.5) is 30.7 Å². The first-order chi connectivity index (χ1) is 18.2. The summed E-state index contributed by atoms with van der Waals surface area (Å²) in [4.78, 5) is 14.8. The summed E-state index contributed by atoms with van der Waals surface area (Å²) in [5, 5.41) is 19.6. The number of likely N-dealkylation sites (N-methyl/N-ethyl adjacent to an activating group) is 1. The molecule has 1 aliphatic carbocycles. The maximum Gasteiger partial charge on any atom is 0.459 e. The number of nitrogens with zero attached hydrogens (tertiary/aromatic N) is 6. The van der Waals surface area contributed by atoms with Crippen molar-refractivity contribution in [3.05, 3.63) is 41.0 Å². The Hall–Kier alpha value is -4.03. The van der Waals surface area contributed by atoms with Crippen LogP contribution in [0.3, 0.4) is 0 Å². The van der Waals surface area contributed by atoms with Gasteiger partial charge in [-0.2, -0.15) is 46.2 Å². The summed E-state index contributed by atoms with van der Waals surface area (Å²) in [6.07, 6.45) is -1.07. The lowest BCUT2D eigenvalue weighted by molar-refractivity contribution is -0.291. The van der Waals surface area contributed by atoms with Gasteiger partial charge in [-0.25, -0.2) is 9.36 Å². The number of carbonyl (C=O) groups is 1. The van der Waals surface area contributed by atoms with Crippen LogP contribution < -0.4 is 10.1 Å². The average molecular weight is 561 g/mol. The quantitative estimate of drug-likeness (QED) is 0.489. The highest BCUT2D eigenvalue weighted by Crippen LogP contribution is 2.48. The highest BCUT2D eigenvalue weighted by atomic mass is 19.4. The smallest absolute Gasteiger partial charge is 0.428 e. The molecule has 16 heteroatoms. The van der Waals surface area contributed by atoms with Crippen molar-refractivity contribution in [3.63, 3.8) is 0 Å². The highest BCUT2D eigenvalue weighted by Gasteiger charge is 2.62. The Morgan fingerprint density at radius 3 is 2.51 bits per heavy atom. The number of rotatable bonds is 8. The van der Waals surface area contributed by atoms with Crippen LogP contribution in [-0.2, 0) is 17.8 Å². The lowest BCUT2D eigenvalue weighted by Crippen LogP contribution is -2.43. The fraction of sp³-hybridized carbons (Fsp3) is 0.478. The highest BCUT2D eigenvalue weighted by molar-refractivity contribution is 6.00. The van der Waals surface area contributed by atoms with E-state index in [-0.39, 0.29) is 18.0 Å². The maximum absolute atomic E-state index is 14.1. The Kier molecular flexibility index (Phi) is 6.90. The normalized spacial score (nSPS) is 17.0. The van der Waals surface area contributed by atoms with E-state index in [1.165, 1.54) is 17.3 Å². The number of dihydropyridines is 1. The van der Waals surface area contributed by atoms with Gasteiger partial charge in [0.2, 0.25) is 0 Å². The van der Waals surface area contributed by atoms with Crippen molar-refractivity contribution in [1.82, 2.24) is 29.8 Å². The predicted molar refractivity (Wildman–Crippen MR) is 121 cm³/mol.